The molecule has 29 heteroatoms. The Kier molecular flexibility index (Phi) is 39.0. The maximum Gasteiger partial charge on any atom is 0.647 e. The molecule has 89 heavy (non-hydrogen) atoms. The molecule has 0 N–H and O–H groups in total. The number of phosphoric acid groups is 1. The highest BCUT2D eigenvalue weighted by atomic mass is 31.2. The van der Waals surface area contributed by atoms with Gasteiger partial charge in [-0.05, 0) is 212 Å². The Balaban J connectivity index is 2.37. The molecule has 0 spiro atoms. The van der Waals surface area contributed by atoms with Gasteiger partial charge in [-0.3, -0.25) is 27.4 Å². The predicted molar refractivity (Wildman–Crippen MR) is 353 cm³/mol. The van der Waals surface area contributed by atoms with Crippen molar-refractivity contribution in [2.24, 2.45) is 0 Å². The normalized spacial score (nSPS) is 12.9. The van der Waals surface area contributed by atoms with Gasteiger partial charge in [0.15, 0.2) is 0 Å². The monoisotopic (exact) mass is 1390 g/mol. The van der Waals surface area contributed by atoms with Gasteiger partial charge in [0.25, 0.3) is 0 Å². The van der Waals surface area contributed by atoms with E-state index in [0.29, 0.717) is 74.5 Å². The van der Waals surface area contributed by atoms with Crippen LogP contribution in [0.1, 0.15) is 155 Å². The molecule has 0 unspecified atom stereocenters. The number of aryl methyl sites for hydroxylation is 6. The van der Waals surface area contributed by atoms with Gasteiger partial charge in [0.2, 0.25) is 0 Å². The number of hydrogen-bond donors (Lipinski definition) is 0. The first kappa shape index (κ1) is 81.4. The first-order chi connectivity index (χ1) is 42.5. The Morgan fingerprint density at radius 3 is 0.584 bits per heavy atom. The molecule has 0 aliphatic carbocycles. The van der Waals surface area contributed by atoms with Crippen LogP contribution in [0.15, 0.2) is 54.6 Å². The second-order valence-corrected chi connectivity index (χ2v) is 34.7. The molecular weight excluding hydrogens is 1290 g/mol. The lowest BCUT2D eigenvalue weighted by Gasteiger charge is -2.24. The van der Waals surface area contributed by atoms with E-state index in [1.807, 2.05) is 18.2 Å². The Labute approximate surface area is 532 Å². The lowest BCUT2D eigenvalue weighted by Crippen LogP contribution is -2.12. The minimum absolute atomic E-state index is 0.0585. The molecule has 512 valence electrons. The van der Waals surface area contributed by atoms with E-state index in [1.165, 1.54) is 0 Å². The first-order valence-corrected chi connectivity index (χ1v) is 43.6. The second-order valence-electron chi connectivity index (χ2n) is 20.2. The molecular formula is C60H105O22P7. The van der Waals surface area contributed by atoms with Crippen LogP contribution in [0.2, 0.25) is 0 Å². The number of phosphoric ester groups is 1. The minimum Gasteiger partial charge on any atom is -0.386 e. The van der Waals surface area contributed by atoms with Gasteiger partial charge < -0.3 is 67.9 Å². The summed E-state index contributed by atoms with van der Waals surface area (Å²) in [6.07, 6.45) is 4.94. The van der Waals surface area contributed by atoms with E-state index in [0.717, 1.165) is 16.7 Å². The second kappa shape index (κ2) is 42.6. The van der Waals surface area contributed by atoms with Crippen LogP contribution in [-0.2, 0) is 125 Å². The summed E-state index contributed by atoms with van der Waals surface area (Å²) < 4.78 is 186. The van der Waals surface area contributed by atoms with Crippen molar-refractivity contribution in [2.45, 2.75) is 160 Å². The summed E-state index contributed by atoms with van der Waals surface area (Å²) in [5, 5.41) is 0. The third-order valence-electron chi connectivity index (χ3n) is 13.2. The molecule has 0 fully saturated rings. The van der Waals surface area contributed by atoms with Crippen LogP contribution in [0, 0.1) is 0 Å². The van der Waals surface area contributed by atoms with Crippen molar-refractivity contribution in [3.05, 3.63) is 88.0 Å². The average molecular weight is 1400 g/mol. The van der Waals surface area contributed by atoms with Gasteiger partial charge in [0.1, 0.15) is 17.2 Å². The highest BCUT2D eigenvalue weighted by Crippen LogP contribution is 2.56. The van der Waals surface area contributed by atoms with Gasteiger partial charge in [-0.15, -0.1) is 0 Å². The third-order valence-corrected chi connectivity index (χ3v) is 27.5. The SMILES string of the molecule is CCOP(=O)(CCCc1ccc(OP(=O)(Oc2ccc(CCCP(=O)(OCC)OCC)cc2CCCP(=O)(OCC)OCC)Oc2ccc(CCCP(=O)(OCC)OCC)cc2CCCP(=O)(OCC)OCC)c(CCCP(=O)(OCC)OCC)c1)OCC. The molecule has 0 bridgehead atoms. The van der Waals surface area contributed by atoms with Crippen LogP contribution in [0.25, 0.3) is 0 Å². The molecule has 3 aromatic carbocycles. The summed E-state index contributed by atoms with van der Waals surface area (Å²) in [7, 11) is -25.6. The summed E-state index contributed by atoms with van der Waals surface area (Å²) >= 11 is 0. The van der Waals surface area contributed by atoms with Gasteiger partial charge in [-0.25, -0.2) is 0 Å². The summed E-state index contributed by atoms with van der Waals surface area (Å²) in [5.74, 6) is 0.362. The first-order valence-electron chi connectivity index (χ1n) is 31.8. The molecule has 0 saturated heterocycles. The Bertz CT molecular complexity index is 2510. The van der Waals surface area contributed by atoms with Crippen LogP contribution in [0.4, 0.5) is 0 Å². The van der Waals surface area contributed by atoms with Gasteiger partial charge in [-0.1, -0.05) is 36.4 Å². The zero-order valence-electron chi connectivity index (χ0n) is 55.0. The van der Waals surface area contributed by atoms with Crippen molar-refractivity contribution in [3.63, 3.8) is 0 Å². The van der Waals surface area contributed by atoms with Crippen LogP contribution >= 0.6 is 53.4 Å². The van der Waals surface area contributed by atoms with Crippen LogP contribution in [-0.4, -0.2) is 116 Å². The van der Waals surface area contributed by atoms with Crippen molar-refractivity contribution in [1.29, 1.82) is 0 Å². The van der Waals surface area contributed by atoms with Crippen molar-refractivity contribution in [2.75, 3.05) is 116 Å². The van der Waals surface area contributed by atoms with Gasteiger partial charge in [-0.2, -0.15) is 4.57 Å². The van der Waals surface area contributed by atoms with E-state index in [2.05, 4.69) is 0 Å². The fourth-order valence-electron chi connectivity index (χ4n) is 9.81. The van der Waals surface area contributed by atoms with Crippen molar-refractivity contribution >= 4 is 53.4 Å². The summed E-state index contributed by atoms with van der Waals surface area (Å²) in [6, 6.07) is 16.1. The minimum atomic E-state index is -4.97. The smallest absolute Gasteiger partial charge is 0.386 e. The van der Waals surface area contributed by atoms with Gasteiger partial charge >= 0.3 is 53.4 Å². The highest BCUT2D eigenvalue weighted by Gasteiger charge is 2.37. The fourth-order valence-corrected chi connectivity index (χ4v) is 21.2. The van der Waals surface area contributed by atoms with Crippen molar-refractivity contribution in [1.82, 2.24) is 0 Å². The molecule has 0 heterocycles. The zero-order valence-corrected chi connectivity index (χ0v) is 61.3. The fraction of sp³-hybridized carbons (Fsp3) is 0.700. The lowest BCUT2D eigenvalue weighted by atomic mass is 10.0. The Morgan fingerprint density at radius 2 is 0.416 bits per heavy atom. The third kappa shape index (κ3) is 30.2. The quantitative estimate of drug-likeness (QED) is 0.0476. The molecule has 22 nitrogen and oxygen atoms in total. The number of benzene rings is 3. The Morgan fingerprint density at radius 1 is 0.247 bits per heavy atom. The van der Waals surface area contributed by atoms with Crippen LogP contribution < -0.4 is 13.6 Å². The molecule has 3 aromatic rings. The van der Waals surface area contributed by atoms with E-state index in [9.17, 15) is 27.4 Å². The summed E-state index contributed by atoms with van der Waals surface area (Å²) in [6.45, 7) is 23.3. The standard InChI is InChI=1S/C60H105O22P7/c1-13-68-83(61,69-14-2)43-25-31-52-37-40-58(55(49-52)34-28-46-86(64,74-19-7)75-20-8)80-89(67,81-59-41-38-53(32-26-44-84(62,70-15-3)71-16-4)50-56(59)35-29-47-87(65,76-21-9)77-22-10)82-60-42-39-54(33-27-45-85(63,72-17-5)73-18-6)51-57(60)36-30-48-88(66,78-23-11)79-24-12/h37-42,49-51H,13-36,43-48H2,1-12H3. The maximum atomic E-state index is 16.4. The summed E-state index contributed by atoms with van der Waals surface area (Å²) in [5.41, 5.74) is 4.12. The zero-order chi connectivity index (χ0) is 65.9. The molecule has 0 amide bonds. The van der Waals surface area contributed by atoms with Crippen LogP contribution in [0.5, 0.6) is 17.2 Å². The molecule has 0 atom stereocenters. The molecule has 0 aromatic heterocycles. The maximum absolute atomic E-state index is 16.4. The molecule has 3 rings (SSSR count). The molecule has 0 saturated carbocycles. The number of rotatable bonds is 54. The topological polar surface area (TPSA) is 258 Å². The molecule has 0 radical (unpaired) electrons. The Hall–Kier alpha value is -1.81. The van der Waals surface area contributed by atoms with Gasteiger partial charge in [0, 0.05) is 0 Å². The van der Waals surface area contributed by atoms with E-state index in [1.54, 1.807) is 119 Å². The molecule has 0 aliphatic heterocycles. The van der Waals surface area contributed by atoms with E-state index in [4.69, 9.17) is 67.9 Å². The average Bonchev–Trinajstić information content (AvgIpc) is 1.33. The summed E-state index contributed by atoms with van der Waals surface area (Å²) in [4.78, 5) is 0. The van der Waals surface area contributed by atoms with Gasteiger partial charge in [0.05, 0.1) is 116 Å². The van der Waals surface area contributed by atoms with Crippen molar-refractivity contribution < 1.29 is 99.8 Å². The molecule has 0 aliphatic rings. The van der Waals surface area contributed by atoms with E-state index in [-0.39, 0.29) is 153 Å². The lowest BCUT2D eigenvalue weighted by molar-refractivity contribution is 0.218. The van der Waals surface area contributed by atoms with E-state index >= 15 is 4.57 Å². The largest absolute Gasteiger partial charge is 0.647 e. The number of hydrogen-bond acceptors (Lipinski definition) is 22. The predicted octanol–water partition coefficient (Wildman–Crippen LogP) is 18.5. The van der Waals surface area contributed by atoms with E-state index < -0.39 is 53.4 Å². The van der Waals surface area contributed by atoms with Crippen LogP contribution in [0.3, 0.4) is 0 Å². The highest BCUT2D eigenvalue weighted by molar-refractivity contribution is 7.55. The van der Waals surface area contributed by atoms with Crippen molar-refractivity contribution in [3.8, 4) is 17.2 Å².